The Balaban J connectivity index is 1.34. The number of hydrogen-bond acceptors (Lipinski definition) is 11. The molecule has 0 N–H and O–H groups in total. The van der Waals surface area contributed by atoms with E-state index in [1.807, 2.05) is 45.9 Å². The Bertz CT molecular complexity index is 2170. The first-order valence-electron chi connectivity index (χ1n) is 15.5. The largest absolute Gasteiger partial charge is 0.497 e. The highest BCUT2D eigenvalue weighted by Gasteiger charge is 2.32. The van der Waals surface area contributed by atoms with Gasteiger partial charge in [0.05, 0.1) is 37.2 Å². The Morgan fingerprint density at radius 2 is 1.90 bits per heavy atom. The topological polar surface area (TPSA) is 146 Å². The number of benzene rings is 3. The molecule has 13 nitrogen and oxygen atoms in total. The number of sulfonamides is 1. The van der Waals surface area contributed by atoms with E-state index in [9.17, 15) is 18.0 Å². The van der Waals surface area contributed by atoms with Crippen LogP contribution in [0, 0.1) is 0 Å². The lowest BCUT2D eigenvalue weighted by Gasteiger charge is -2.33. The van der Waals surface area contributed by atoms with Crippen LogP contribution in [0.1, 0.15) is 56.0 Å². The molecule has 3 heterocycles. The number of carbonyl (C=O) groups excluding carboxylic acids is 1. The molecule has 2 aromatic heterocycles. The third kappa shape index (κ3) is 6.72. The van der Waals surface area contributed by atoms with E-state index in [0.29, 0.717) is 42.1 Å². The number of oxazole rings is 1. The molecule has 1 aliphatic rings. The van der Waals surface area contributed by atoms with Crippen LogP contribution in [-0.4, -0.2) is 59.7 Å². The second-order valence-electron chi connectivity index (χ2n) is 12.6. The molecule has 1 amide bonds. The summed E-state index contributed by atoms with van der Waals surface area (Å²) in [5, 5.41) is 0.153. The number of nitrogens with zero attached hydrogens (tertiary/aromatic N) is 5. The van der Waals surface area contributed by atoms with Crippen LogP contribution >= 0.6 is 11.5 Å². The first kappa shape index (κ1) is 34.0. The third-order valence-corrected chi connectivity index (χ3v) is 10.9. The highest BCUT2D eigenvalue weighted by Crippen LogP contribution is 2.34. The predicted octanol–water partition coefficient (Wildman–Crippen LogP) is 5.76. The lowest BCUT2D eigenvalue weighted by molar-refractivity contribution is 0.0223. The van der Waals surface area contributed by atoms with E-state index in [0.717, 1.165) is 32.5 Å². The number of methoxy groups -OCH3 is 2. The summed E-state index contributed by atoms with van der Waals surface area (Å²) in [5.74, 6) is 0.355. The van der Waals surface area contributed by atoms with E-state index in [2.05, 4.69) is 9.36 Å². The lowest BCUT2D eigenvalue weighted by atomic mass is 9.91. The molecule has 49 heavy (non-hydrogen) atoms. The van der Waals surface area contributed by atoms with Gasteiger partial charge in [-0.25, -0.2) is 27.3 Å². The standard InChI is InChI=1S/C34H37N5O8S2/c1-21(26-9-7-8-22-14-15-37(19-27(22)26)32(40)47-34(2,3)4)39-28-13-12-25(17-30(28)46-33(39)41)49(42,43)38(31-35-20-36-48-31)18-23-10-11-24(44-5)16-29(23)45-6/h7-13,16-17,20-21H,14-15,18-19H2,1-6H3/t21-/m1/s1. The monoisotopic (exact) mass is 707 g/mol. The fourth-order valence-corrected chi connectivity index (χ4v) is 8.11. The quantitative estimate of drug-likeness (QED) is 0.185. The molecule has 15 heteroatoms. The van der Waals surface area contributed by atoms with Crippen LogP contribution in [0.2, 0.25) is 0 Å². The lowest BCUT2D eigenvalue weighted by Crippen LogP contribution is -2.40. The second-order valence-corrected chi connectivity index (χ2v) is 15.2. The molecule has 0 saturated heterocycles. The van der Waals surface area contributed by atoms with Gasteiger partial charge in [0.15, 0.2) is 5.58 Å². The van der Waals surface area contributed by atoms with Crippen molar-refractivity contribution in [3.8, 4) is 11.5 Å². The number of anilines is 1. The summed E-state index contributed by atoms with van der Waals surface area (Å²) in [6.45, 7) is 8.11. The van der Waals surface area contributed by atoms with Gasteiger partial charge in [-0.2, -0.15) is 4.37 Å². The van der Waals surface area contributed by atoms with Crippen molar-refractivity contribution in [2.24, 2.45) is 0 Å². The average Bonchev–Trinajstić information content (AvgIpc) is 3.72. The van der Waals surface area contributed by atoms with E-state index in [-0.39, 0.29) is 22.2 Å². The minimum absolute atomic E-state index is 0.0960. The summed E-state index contributed by atoms with van der Waals surface area (Å²) in [6, 6.07) is 14.9. The van der Waals surface area contributed by atoms with Gasteiger partial charge in [-0.1, -0.05) is 18.2 Å². The van der Waals surface area contributed by atoms with Crippen molar-refractivity contribution in [3.05, 3.63) is 93.7 Å². The van der Waals surface area contributed by atoms with Gasteiger partial charge in [0.25, 0.3) is 10.0 Å². The number of hydrogen-bond donors (Lipinski definition) is 0. The molecule has 0 fully saturated rings. The molecule has 0 bridgehead atoms. The molecule has 0 saturated carbocycles. The first-order chi connectivity index (χ1) is 23.3. The van der Waals surface area contributed by atoms with Crippen molar-refractivity contribution in [2.45, 2.75) is 63.7 Å². The molecule has 6 rings (SSSR count). The highest BCUT2D eigenvalue weighted by molar-refractivity contribution is 7.93. The SMILES string of the molecule is COc1ccc(CN(c2ncns2)S(=O)(=O)c2ccc3c(c2)oc(=O)n3[C@H](C)c2cccc3c2CN(C(=O)OC(C)(C)C)CC3)c(OC)c1. The van der Waals surface area contributed by atoms with Crippen molar-refractivity contribution >= 4 is 43.9 Å². The van der Waals surface area contributed by atoms with Crippen molar-refractivity contribution in [1.82, 2.24) is 18.8 Å². The number of aromatic nitrogens is 3. The zero-order chi connectivity index (χ0) is 35.1. The van der Waals surface area contributed by atoms with Gasteiger partial charge in [0.1, 0.15) is 23.4 Å². The zero-order valence-corrected chi connectivity index (χ0v) is 29.6. The fourth-order valence-electron chi connectivity index (χ4n) is 5.96. The number of carbonyl (C=O) groups is 1. The van der Waals surface area contributed by atoms with Crippen LogP contribution in [0.25, 0.3) is 11.1 Å². The molecular weight excluding hydrogens is 671 g/mol. The molecule has 258 valence electrons. The van der Waals surface area contributed by atoms with E-state index >= 15 is 0 Å². The Hall–Kier alpha value is -4.89. The van der Waals surface area contributed by atoms with Crippen LogP contribution in [0.5, 0.6) is 11.5 Å². The number of fused-ring (bicyclic) bond motifs is 2. The van der Waals surface area contributed by atoms with E-state index < -0.39 is 33.5 Å². The van der Waals surface area contributed by atoms with Gasteiger partial charge in [-0.05, 0) is 75.1 Å². The first-order valence-corrected chi connectivity index (χ1v) is 17.8. The number of rotatable bonds is 9. The minimum atomic E-state index is -4.24. The second kappa shape index (κ2) is 13.2. The predicted molar refractivity (Wildman–Crippen MR) is 184 cm³/mol. The van der Waals surface area contributed by atoms with Gasteiger partial charge in [0.2, 0.25) is 5.13 Å². The van der Waals surface area contributed by atoms with Crippen LogP contribution in [0.15, 0.2) is 75.0 Å². The Morgan fingerprint density at radius 3 is 2.59 bits per heavy atom. The molecule has 1 aliphatic heterocycles. The van der Waals surface area contributed by atoms with Crippen molar-refractivity contribution in [3.63, 3.8) is 0 Å². The zero-order valence-electron chi connectivity index (χ0n) is 28.0. The summed E-state index contributed by atoms with van der Waals surface area (Å²) in [5.41, 5.74) is 3.36. The molecule has 5 aromatic rings. The Labute approximate surface area is 287 Å². The van der Waals surface area contributed by atoms with E-state index in [1.54, 1.807) is 29.2 Å². The molecule has 0 aliphatic carbocycles. The molecule has 0 spiro atoms. The summed E-state index contributed by atoms with van der Waals surface area (Å²) < 4.78 is 57.2. The van der Waals surface area contributed by atoms with Crippen LogP contribution in [-0.2, 0) is 34.3 Å². The molecule has 0 unspecified atom stereocenters. The molecule has 1 atom stereocenters. The third-order valence-electron chi connectivity index (χ3n) is 8.34. The van der Waals surface area contributed by atoms with Gasteiger partial charge < -0.3 is 23.5 Å². The van der Waals surface area contributed by atoms with Crippen molar-refractivity contribution in [2.75, 3.05) is 25.1 Å². The molecule has 0 radical (unpaired) electrons. The number of amides is 1. The van der Waals surface area contributed by atoms with Crippen molar-refractivity contribution in [1.29, 1.82) is 0 Å². The van der Waals surface area contributed by atoms with Gasteiger partial charge >= 0.3 is 11.8 Å². The van der Waals surface area contributed by atoms with Gasteiger partial charge in [0, 0.05) is 42.3 Å². The average molecular weight is 708 g/mol. The normalized spacial score (nSPS) is 14.0. The van der Waals surface area contributed by atoms with E-state index in [4.69, 9.17) is 18.6 Å². The maximum absolute atomic E-state index is 14.2. The van der Waals surface area contributed by atoms with Crippen LogP contribution in [0.3, 0.4) is 0 Å². The fraction of sp³-hybridized carbons (Fsp3) is 0.353. The maximum Gasteiger partial charge on any atom is 0.420 e. The number of ether oxygens (including phenoxy) is 3. The molecule has 3 aromatic carbocycles. The van der Waals surface area contributed by atoms with Crippen LogP contribution in [0.4, 0.5) is 9.93 Å². The highest BCUT2D eigenvalue weighted by atomic mass is 32.2. The Morgan fingerprint density at radius 1 is 1.10 bits per heavy atom. The maximum atomic E-state index is 14.2. The minimum Gasteiger partial charge on any atom is -0.497 e. The summed E-state index contributed by atoms with van der Waals surface area (Å²) in [6.07, 6.45) is 1.53. The molecular formula is C34H37N5O8S2. The smallest absolute Gasteiger partial charge is 0.420 e. The summed E-state index contributed by atoms with van der Waals surface area (Å²) >= 11 is 0.930. The van der Waals surface area contributed by atoms with Crippen LogP contribution < -0.4 is 19.5 Å². The van der Waals surface area contributed by atoms with Crippen molar-refractivity contribution < 1.29 is 31.8 Å². The van der Waals surface area contributed by atoms with E-state index in [1.165, 1.54) is 37.2 Å². The van der Waals surface area contributed by atoms with Gasteiger partial charge in [-0.15, -0.1) is 0 Å². The summed E-state index contributed by atoms with van der Waals surface area (Å²) in [4.78, 5) is 32.1. The van der Waals surface area contributed by atoms with Gasteiger partial charge in [-0.3, -0.25) is 4.57 Å². The Kier molecular flexibility index (Phi) is 9.15. The summed E-state index contributed by atoms with van der Waals surface area (Å²) in [7, 11) is -1.21.